The Bertz CT molecular complexity index is 613. The van der Waals surface area contributed by atoms with Crippen LogP contribution >= 0.6 is 0 Å². The number of ether oxygens (including phenoxy) is 1. The van der Waals surface area contributed by atoms with Crippen LogP contribution in [0.3, 0.4) is 0 Å². The Kier molecular flexibility index (Phi) is 2.63. The number of hydrogen-bond acceptors (Lipinski definition) is 3. The first-order valence-corrected chi connectivity index (χ1v) is 6.12. The van der Waals surface area contributed by atoms with E-state index in [0.29, 0.717) is 6.61 Å². The zero-order chi connectivity index (χ0) is 12.5. The molecule has 1 aromatic heterocycles. The van der Waals surface area contributed by atoms with Gasteiger partial charge >= 0.3 is 0 Å². The molecule has 2 aromatic rings. The topological polar surface area (TPSA) is 39.4 Å². The maximum absolute atomic E-state index is 5.50. The first-order valence-electron chi connectivity index (χ1n) is 6.12. The van der Waals surface area contributed by atoms with Gasteiger partial charge in [0.25, 0.3) is 0 Å². The van der Waals surface area contributed by atoms with E-state index in [0.717, 1.165) is 34.9 Å². The van der Waals surface area contributed by atoms with Gasteiger partial charge in [-0.1, -0.05) is 0 Å². The fraction of sp³-hybridized carbons (Fsp3) is 0.286. The number of benzene rings is 1. The number of nitrogens with zero attached hydrogens (tertiary/aromatic N) is 3. The predicted molar refractivity (Wildman–Crippen MR) is 71.7 cm³/mol. The molecule has 92 valence electrons. The molecule has 4 heteroatoms. The number of fused-ring (bicyclic) bond motifs is 1. The van der Waals surface area contributed by atoms with Crippen LogP contribution in [0, 0.1) is 6.92 Å². The van der Waals surface area contributed by atoms with E-state index >= 15 is 0 Å². The zero-order valence-corrected chi connectivity index (χ0v) is 10.6. The molecular weight excluding hydrogens is 226 g/mol. The Morgan fingerprint density at radius 3 is 3.06 bits per heavy atom. The Morgan fingerprint density at radius 1 is 1.33 bits per heavy atom. The number of aromatic nitrogens is 2. The highest BCUT2D eigenvalue weighted by Crippen LogP contribution is 2.34. The molecule has 1 aliphatic heterocycles. The summed E-state index contributed by atoms with van der Waals surface area (Å²) < 4.78 is 7.51. The minimum atomic E-state index is 0.554. The van der Waals surface area contributed by atoms with Crippen LogP contribution in [0.15, 0.2) is 29.3 Å². The summed E-state index contributed by atoms with van der Waals surface area (Å²) in [6, 6.07) is 8.18. The summed E-state index contributed by atoms with van der Waals surface area (Å²) in [5.41, 5.74) is 4.17. The maximum Gasteiger partial charge on any atom is 0.145 e. The van der Waals surface area contributed by atoms with Gasteiger partial charge in [0.2, 0.25) is 0 Å². The average molecular weight is 241 g/mol. The highest BCUT2D eigenvalue weighted by Gasteiger charge is 2.11. The Balaban J connectivity index is 2.09. The average Bonchev–Trinajstić information content (AvgIpc) is 2.79. The van der Waals surface area contributed by atoms with E-state index in [2.05, 4.69) is 29.1 Å². The monoisotopic (exact) mass is 241 g/mol. The third-order valence-electron chi connectivity index (χ3n) is 3.00. The van der Waals surface area contributed by atoms with Crippen LogP contribution in [-0.4, -0.2) is 22.6 Å². The fourth-order valence-electron chi connectivity index (χ4n) is 2.18. The molecule has 18 heavy (non-hydrogen) atoms. The number of rotatable bonds is 2. The fourth-order valence-corrected chi connectivity index (χ4v) is 2.18. The van der Waals surface area contributed by atoms with Crippen molar-refractivity contribution in [2.45, 2.75) is 20.4 Å². The quantitative estimate of drug-likeness (QED) is 0.810. The second-order valence-electron chi connectivity index (χ2n) is 4.29. The molecule has 0 aliphatic carbocycles. The standard InChI is InChI=1S/C14H15N3O/c1-3-17-13(8-10(2)16-17)11-4-5-14-12(9-11)15-6-7-18-14/h4-6,8-9H,3,7H2,1-2H3. The molecule has 0 saturated carbocycles. The molecule has 1 aliphatic rings. The normalized spacial score (nSPS) is 13.2. The van der Waals surface area contributed by atoms with Crippen molar-refractivity contribution in [1.82, 2.24) is 9.78 Å². The second-order valence-corrected chi connectivity index (χ2v) is 4.29. The van der Waals surface area contributed by atoms with Gasteiger partial charge in [-0.2, -0.15) is 5.10 Å². The largest absolute Gasteiger partial charge is 0.486 e. The Labute approximate surface area is 106 Å². The lowest BCUT2D eigenvalue weighted by molar-refractivity contribution is 0.377. The molecule has 2 heterocycles. The Hall–Kier alpha value is -2.10. The van der Waals surface area contributed by atoms with Gasteiger partial charge < -0.3 is 4.74 Å². The molecule has 0 bridgehead atoms. The maximum atomic E-state index is 5.50. The highest BCUT2D eigenvalue weighted by molar-refractivity contribution is 5.75. The van der Waals surface area contributed by atoms with Crippen LogP contribution in [0.4, 0.5) is 5.69 Å². The van der Waals surface area contributed by atoms with Gasteiger partial charge in [0, 0.05) is 18.3 Å². The number of aliphatic imine (C=N–C) groups is 1. The van der Waals surface area contributed by atoms with Crippen LogP contribution in [-0.2, 0) is 6.54 Å². The molecule has 1 aromatic carbocycles. The van der Waals surface area contributed by atoms with Crippen molar-refractivity contribution in [2.24, 2.45) is 4.99 Å². The van der Waals surface area contributed by atoms with Gasteiger partial charge in [-0.3, -0.25) is 9.67 Å². The zero-order valence-electron chi connectivity index (χ0n) is 10.6. The molecular formula is C14H15N3O. The summed E-state index contributed by atoms with van der Waals surface area (Å²) in [5, 5.41) is 4.46. The van der Waals surface area contributed by atoms with E-state index in [1.165, 1.54) is 0 Å². The summed E-state index contributed by atoms with van der Waals surface area (Å²) in [4.78, 5) is 4.36. The smallest absolute Gasteiger partial charge is 0.145 e. The first-order chi connectivity index (χ1) is 8.78. The number of aryl methyl sites for hydroxylation is 2. The molecule has 0 amide bonds. The van der Waals surface area contributed by atoms with E-state index in [9.17, 15) is 0 Å². The minimum absolute atomic E-state index is 0.554. The molecule has 0 N–H and O–H groups in total. The molecule has 0 spiro atoms. The summed E-state index contributed by atoms with van der Waals surface area (Å²) >= 11 is 0. The van der Waals surface area contributed by atoms with Crippen molar-refractivity contribution in [3.63, 3.8) is 0 Å². The van der Waals surface area contributed by atoms with Crippen LogP contribution in [0.2, 0.25) is 0 Å². The minimum Gasteiger partial charge on any atom is -0.486 e. The van der Waals surface area contributed by atoms with Crippen molar-refractivity contribution in [1.29, 1.82) is 0 Å². The molecule has 3 rings (SSSR count). The van der Waals surface area contributed by atoms with E-state index < -0.39 is 0 Å². The van der Waals surface area contributed by atoms with Crippen LogP contribution in [0.5, 0.6) is 5.75 Å². The number of hydrogen-bond donors (Lipinski definition) is 0. The van der Waals surface area contributed by atoms with E-state index in [1.807, 2.05) is 23.7 Å². The molecule has 0 atom stereocenters. The van der Waals surface area contributed by atoms with Crippen molar-refractivity contribution in [2.75, 3.05) is 6.61 Å². The lowest BCUT2D eigenvalue weighted by Gasteiger charge is -2.13. The SMILES string of the molecule is CCn1nc(C)cc1-c1ccc2c(c1)N=CCO2. The van der Waals surface area contributed by atoms with Gasteiger partial charge in [0.15, 0.2) is 0 Å². The van der Waals surface area contributed by atoms with Gasteiger partial charge in [-0.25, -0.2) is 0 Å². The molecule has 0 saturated heterocycles. The van der Waals surface area contributed by atoms with Crippen molar-refractivity contribution in [3.8, 4) is 17.0 Å². The Morgan fingerprint density at radius 2 is 2.22 bits per heavy atom. The van der Waals surface area contributed by atoms with E-state index in [4.69, 9.17) is 4.74 Å². The van der Waals surface area contributed by atoms with Crippen LogP contribution < -0.4 is 4.74 Å². The molecule has 4 nitrogen and oxygen atoms in total. The third-order valence-corrected chi connectivity index (χ3v) is 3.00. The summed E-state index contributed by atoms with van der Waals surface area (Å²) in [7, 11) is 0. The van der Waals surface area contributed by atoms with Crippen LogP contribution in [0.1, 0.15) is 12.6 Å². The highest BCUT2D eigenvalue weighted by atomic mass is 16.5. The molecule has 0 unspecified atom stereocenters. The molecule has 0 fully saturated rings. The van der Waals surface area contributed by atoms with Gasteiger partial charge in [0.05, 0.1) is 11.4 Å². The van der Waals surface area contributed by atoms with Crippen molar-refractivity contribution < 1.29 is 4.74 Å². The summed E-state index contributed by atoms with van der Waals surface area (Å²) in [6.07, 6.45) is 1.79. The first kappa shape index (κ1) is 11.0. The van der Waals surface area contributed by atoms with E-state index in [-0.39, 0.29) is 0 Å². The summed E-state index contributed by atoms with van der Waals surface area (Å²) in [6.45, 7) is 5.52. The third kappa shape index (κ3) is 1.79. The van der Waals surface area contributed by atoms with E-state index in [1.54, 1.807) is 6.21 Å². The van der Waals surface area contributed by atoms with Crippen molar-refractivity contribution in [3.05, 3.63) is 30.0 Å². The molecule has 0 radical (unpaired) electrons. The van der Waals surface area contributed by atoms with Crippen molar-refractivity contribution >= 4 is 11.9 Å². The lowest BCUT2D eigenvalue weighted by atomic mass is 10.1. The van der Waals surface area contributed by atoms with Gasteiger partial charge in [0.1, 0.15) is 18.0 Å². The predicted octanol–water partition coefficient (Wildman–Crippen LogP) is 2.97. The van der Waals surface area contributed by atoms with Gasteiger partial charge in [-0.15, -0.1) is 0 Å². The summed E-state index contributed by atoms with van der Waals surface area (Å²) in [5.74, 6) is 0.848. The van der Waals surface area contributed by atoms with Gasteiger partial charge in [-0.05, 0) is 38.1 Å². The lowest BCUT2D eigenvalue weighted by Crippen LogP contribution is -2.03. The van der Waals surface area contributed by atoms with Crippen LogP contribution in [0.25, 0.3) is 11.3 Å². The second kappa shape index (κ2) is 4.29.